The number of nitrogens with one attached hydrogen (secondary N) is 2. The van der Waals surface area contributed by atoms with E-state index >= 15 is 0 Å². The Morgan fingerprint density at radius 2 is 1.82 bits per heavy atom. The molecule has 1 aromatic heterocycles. The molecule has 2 rings (SSSR count). The van der Waals surface area contributed by atoms with Gasteiger partial charge in [-0.2, -0.15) is 17.5 Å². The van der Waals surface area contributed by atoms with Crippen LogP contribution in [0, 0.1) is 6.92 Å². The van der Waals surface area contributed by atoms with Gasteiger partial charge in [-0.05, 0) is 19.8 Å². The molecule has 1 aliphatic rings. The summed E-state index contributed by atoms with van der Waals surface area (Å²) < 4.78 is 79.9. The molecule has 20 heteroatoms. The second-order valence-corrected chi connectivity index (χ2v) is 11.3. The molecule has 15 nitrogen and oxygen atoms in total. The molecule has 5 N–H and O–H groups in total. The summed E-state index contributed by atoms with van der Waals surface area (Å²) in [6, 6.07) is 0. The van der Waals surface area contributed by atoms with Crippen molar-refractivity contribution in [1.82, 2.24) is 14.9 Å². The molecule has 2 heterocycles. The third-order valence-electron chi connectivity index (χ3n) is 5.14. The summed E-state index contributed by atoms with van der Waals surface area (Å²) in [6.45, 7) is 0.0573. The first-order valence-electron chi connectivity index (χ1n) is 11.2. The van der Waals surface area contributed by atoms with E-state index in [2.05, 4.69) is 18.3 Å². The van der Waals surface area contributed by atoms with Crippen LogP contribution < -0.4 is 16.6 Å². The summed E-state index contributed by atoms with van der Waals surface area (Å²) in [6.07, 6.45) is -6.37. The van der Waals surface area contributed by atoms with E-state index in [1.165, 1.54) is 13.1 Å². The van der Waals surface area contributed by atoms with Gasteiger partial charge in [-0.1, -0.05) is 12.8 Å². The fourth-order valence-electron chi connectivity index (χ4n) is 3.24. The molecule has 0 saturated carbocycles. The number of rotatable bonds is 14. The van der Waals surface area contributed by atoms with Crippen LogP contribution in [0.3, 0.4) is 0 Å². The van der Waals surface area contributed by atoms with Crippen molar-refractivity contribution in [2.24, 2.45) is 0 Å². The molecule has 0 aliphatic carbocycles. The van der Waals surface area contributed by atoms with Crippen molar-refractivity contribution in [2.45, 2.75) is 63.6 Å². The second kappa shape index (κ2) is 13.5. The highest BCUT2D eigenvalue weighted by Crippen LogP contribution is 2.60. The largest absolute Gasteiger partial charge is 0.481 e. The van der Waals surface area contributed by atoms with Gasteiger partial charge in [0.05, 0.1) is 19.3 Å². The second-order valence-electron chi connectivity index (χ2n) is 8.23. The highest BCUT2D eigenvalue weighted by Gasteiger charge is 2.40. The maximum absolute atomic E-state index is 12.1. The minimum Gasteiger partial charge on any atom is -0.390 e. The van der Waals surface area contributed by atoms with Gasteiger partial charge in [0.25, 0.3) is 5.56 Å². The average molecular weight is 597 g/mol. The normalized spacial score (nSPS) is 23.1. The van der Waals surface area contributed by atoms with Gasteiger partial charge in [0.1, 0.15) is 12.3 Å². The van der Waals surface area contributed by atoms with Crippen molar-refractivity contribution in [3.63, 3.8) is 0 Å². The first-order valence-corrected chi connectivity index (χ1v) is 14.2. The highest BCUT2D eigenvalue weighted by atomic mass is 31.3. The van der Waals surface area contributed by atoms with Gasteiger partial charge in [-0.3, -0.25) is 28.2 Å². The quantitative estimate of drug-likeness (QED) is 0.150. The molecule has 0 spiro atoms. The Balaban J connectivity index is 1.72. The molecule has 0 radical (unpaired) electrons. The lowest BCUT2D eigenvalue weighted by Gasteiger charge is -2.19. The van der Waals surface area contributed by atoms with Crippen LogP contribution in [0.2, 0.25) is 0 Å². The molecule has 1 aliphatic heterocycles. The molecule has 1 amide bonds. The fourth-order valence-corrected chi connectivity index (χ4v) is 5.36. The summed E-state index contributed by atoms with van der Waals surface area (Å²) in [5.74, 6) is -2.05. The number of hydrogen-bond donors (Lipinski definition) is 5. The molecule has 1 fully saturated rings. The lowest BCUT2D eigenvalue weighted by Crippen LogP contribution is -2.37. The number of amides is 1. The fraction of sp³-hybridized carbons (Fsp3) is 0.722. The number of aromatic nitrogens is 2. The summed E-state index contributed by atoms with van der Waals surface area (Å²) in [4.78, 5) is 55.6. The minimum absolute atomic E-state index is 0.133. The number of aromatic amines is 1. The summed E-state index contributed by atoms with van der Waals surface area (Å²) in [7, 11) is -10.2. The number of carbonyl (C=O) groups is 1. The zero-order valence-corrected chi connectivity index (χ0v) is 21.7. The Kier molecular flexibility index (Phi) is 11.5. The van der Waals surface area contributed by atoms with Crippen LogP contribution in [0.25, 0.3) is 0 Å². The number of carbonyl (C=O) groups excluding carboxylic acids is 1. The van der Waals surface area contributed by atoms with Crippen LogP contribution in [0.5, 0.6) is 0 Å². The van der Waals surface area contributed by atoms with Gasteiger partial charge in [0, 0.05) is 24.7 Å². The van der Waals surface area contributed by atoms with Gasteiger partial charge in [0.15, 0.2) is 0 Å². The van der Waals surface area contributed by atoms with Crippen LogP contribution in [-0.4, -0.2) is 68.5 Å². The van der Waals surface area contributed by atoms with Crippen molar-refractivity contribution in [3.05, 3.63) is 32.6 Å². The minimum atomic E-state index is -5.18. The Morgan fingerprint density at radius 3 is 2.47 bits per heavy atom. The van der Waals surface area contributed by atoms with Crippen molar-refractivity contribution >= 4 is 21.6 Å². The average Bonchev–Trinajstić information content (AvgIpc) is 3.15. The van der Waals surface area contributed by atoms with E-state index in [9.17, 15) is 51.6 Å². The predicted molar refractivity (Wildman–Crippen MR) is 121 cm³/mol. The number of halogens is 3. The monoisotopic (exact) mass is 597 g/mol. The molecule has 1 saturated heterocycles. The molecule has 38 heavy (non-hydrogen) atoms. The lowest BCUT2D eigenvalue weighted by atomic mass is 10.2. The number of H-pyrrole nitrogens is 1. The number of hydrogen-bond acceptors (Lipinski definition) is 10. The highest BCUT2D eigenvalue weighted by molar-refractivity contribution is 7.61. The summed E-state index contributed by atoms with van der Waals surface area (Å²) in [5.41, 5.74) is -1.21. The number of aryl methyl sites for hydroxylation is 1. The van der Waals surface area contributed by atoms with E-state index in [0.29, 0.717) is 12.8 Å². The molecule has 2 unspecified atom stereocenters. The molecule has 1 aromatic rings. The van der Waals surface area contributed by atoms with Gasteiger partial charge >= 0.3 is 33.4 Å². The summed E-state index contributed by atoms with van der Waals surface area (Å²) in [5, 5.41) is 11.8. The molecule has 218 valence electrons. The van der Waals surface area contributed by atoms with Crippen molar-refractivity contribution < 1.29 is 60.1 Å². The van der Waals surface area contributed by atoms with E-state index in [4.69, 9.17) is 4.74 Å². The lowest BCUT2D eigenvalue weighted by molar-refractivity contribution is -0.173. The zero-order chi connectivity index (χ0) is 28.7. The number of alkyl halides is 3. The van der Waals surface area contributed by atoms with E-state index in [-0.39, 0.29) is 31.4 Å². The van der Waals surface area contributed by atoms with Crippen LogP contribution in [0.4, 0.5) is 13.2 Å². The maximum Gasteiger partial charge on any atom is 0.481 e. The molecule has 5 atom stereocenters. The third kappa shape index (κ3) is 10.4. The van der Waals surface area contributed by atoms with Gasteiger partial charge in [-0.25, -0.2) is 13.9 Å². The number of phosphoric acid groups is 2. The third-order valence-corrected chi connectivity index (χ3v) is 7.77. The maximum atomic E-state index is 12.1. The van der Waals surface area contributed by atoms with E-state index in [1.54, 1.807) is 5.32 Å². The van der Waals surface area contributed by atoms with Crippen LogP contribution in [-0.2, 0) is 32.0 Å². The number of unbranched alkanes of at least 4 members (excludes halogenated alkanes) is 3. The first-order chi connectivity index (χ1) is 17.5. The Morgan fingerprint density at radius 1 is 1.18 bits per heavy atom. The van der Waals surface area contributed by atoms with E-state index in [1.807, 2.05) is 0 Å². The number of ether oxygens (including phenoxy) is 1. The summed E-state index contributed by atoms with van der Waals surface area (Å²) >= 11 is 0. The Labute approximate surface area is 213 Å². The van der Waals surface area contributed by atoms with Gasteiger partial charge in [-0.15, -0.1) is 0 Å². The SMILES string of the molecule is Cc1cn([C@H]2C[C@H](O)[C@@H](COP(=O)(O)OP(=O)(O)OCCCCCCNC(=O)C(F)(F)F)O2)c(=O)[nH]c1=O. The van der Waals surface area contributed by atoms with Crippen LogP contribution >= 0.6 is 15.6 Å². The van der Waals surface area contributed by atoms with Gasteiger partial charge in [0.2, 0.25) is 0 Å². The molecular formula is C18H28F3N3O12P2. The Bertz CT molecular complexity index is 1170. The van der Waals surface area contributed by atoms with Crippen molar-refractivity contribution in [2.75, 3.05) is 19.8 Å². The standard InChI is InChI=1S/C18H28F3N3O12P2/c1-11-9-24(17(28)23-15(11)26)14-8-12(25)13(35-14)10-34-38(31,32)36-37(29,30)33-7-5-3-2-4-6-22-16(27)18(19,20)21/h9,12-14,25H,2-8,10H2,1H3,(H,22,27)(H,29,30)(H,31,32)(H,23,26,28)/t12-,13+,14+/m0/s1. The zero-order valence-electron chi connectivity index (χ0n) is 20.0. The number of aliphatic hydroxyl groups is 1. The number of nitrogens with zero attached hydrogens (tertiary/aromatic N) is 1. The topological polar surface area (TPSA) is 216 Å². The van der Waals surface area contributed by atoms with Crippen LogP contribution in [0.15, 0.2) is 15.8 Å². The molecule has 0 aromatic carbocycles. The Hall–Kier alpha value is -1.88. The first kappa shape index (κ1) is 32.3. The predicted octanol–water partition coefficient (Wildman–Crippen LogP) is 0.983. The smallest absolute Gasteiger partial charge is 0.390 e. The van der Waals surface area contributed by atoms with Gasteiger partial charge < -0.3 is 24.9 Å². The van der Waals surface area contributed by atoms with Crippen molar-refractivity contribution in [3.8, 4) is 0 Å². The molecule has 0 bridgehead atoms. The number of aliphatic hydroxyl groups excluding tert-OH is 1. The van der Waals surface area contributed by atoms with Crippen LogP contribution in [0.1, 0.15) is 43.9 Å². The molecular weight excluding hydrogens is 569 g/mol. The number of phosphoric ester groups is 2. The van der Waals surface area contributed by atoms with E-state index < -0.39 is 70.6 Å². The van der Waals surface area contributed by atoms with E-state index in [0.717, 1.165) is 4.57 Å². The van der Waals surface area contributed by atoms with Crippen molar-refractivity contribution in [1.29, 1.82) is 0 Å².